The smallest absolute Gasteiger partial charge is 0.462 e. The van der Waals surface area contributed by atoms with Gasteiger partial charge in [-0.25, -0.2) is 9.13 Å². The summed E-state index contributed by atoms with van der Waals surface area (Å²) in [6.07, 6.45) is 59.6. The molecule has 0 radical (unpaired) electrons. The molecule has 5 atom stereocenters. The van der Waals surface area contributed by atoms with Gasteiger partial charge in [0.25, 0.3) is 0 Å². The molecule has 2 unspecified atom stereocenters. The van der Waals surface area contributed by atoms with Crippen molar-refractivity contribution in [1.82, 2.24) is 0 Å². The second kappa shape index (κ2) is 70.1. The number of esters is 4. The molecule has 0 bridgehead atoms. The van der Waals surface area contributed by atoms with Crippen LogP contribution in [0, 0.1) is 5.92 Å². The van der Waals surface area contributed by atoms with E-state index in [9.17, 15) is 43.2 Å². The van der Waals surface area contributed by atoms with Gasteiger partial charge in [0.15, 0.2) is 12.2 Å². The minimum Gasteiger partial charge on any atom is -0.462 e. The van der Waals surface area contributed by atoms with E-state index in [0.29, 0.717) is 25.7 Å². The number of phosphoric acid groups is 2. The van der Waals surface area contributed by atoms with Crippen LogP contribution in [0.2, 0.25) is 0 Å². The molecule has 3 N–H and O–H groups in total. The minimum atomic E-state index is -4.96. The molecule has 0 heterocycles. The van der Waals surface area contributed by atoms with Gasteiger partial charge in [-0.2, -0.15) is 0 Å². The van der Waals surface area contributed by atoms with E-state index in [-0.39, 0.29) is 25.7 Å². The van der Waals surface area contributed by atoms with Gasteiger partial charge in [-0.1, -0.05) is 356 Å². The van der Waals surface area contributed by atoms with Crippen LogP contribution >= 0.6 is 15.6 Å². The van der Waals surface area contributed by atoms with Crippen LogP contribution in [0.3, 0.4) is 0 Å². The van der Waals surface area contributed by atoms with E-state index in [0.717, 1.165) is 95.8 Å². The van der Waals surface area contributed by atoms with Crippen LogP contribution in [0.4, 0.5) is 0 Å². The van der Waals surface area contributed by atoms with Gasteiger partial charge in [-0.3, -0.25) is 37.3 Å². The van der Waals surface area contributed by atoms with Gasteiger partial charge < -0.3 is 33.8 Å². The number of ether oxygens (including phenoxy) is 4. The van der Waals surface area contributed by atoms with Crippen LogP contribution in [-0.4, -0.2) is 96.7 Å². The van der Waals surface area contributed by atoms with E-state index in [1.54, 1.807) is 0 Å². The van der Waals surface area contributed by atoms with Gasteiger partial charge >= 0.3 is 39.5 Å². The van der Waals surface area contributed by atoms with Crippen LogP contribution in [0.5, 0.6) is 0 Å². The molecule has 17 nitrogen and oxygen atoms in total. The van der Waals surface area contributed by atoms with Crippen molar-refractivity contribution in [3.8, 4) is 0 Å². The van der Waals surface area contributed by atoms with Crippen molar-refractivity contribution in [2.24, 2.45) is 5.92 Å². The lowest BCUT2D eigenvalue weighted by Crippen LogP contribution is -2.30. The van der Waals surface area contributed by atoms with Gasteiger partial charge in [-0.15, -0.1) is 0 Å². The Hall–Kier alpha value is -1.94. The molecule has 96 heavy (non-hydrogen) atoms. The predicted octanol–water partition coefficient (Wildman–Crippen LogP) is 22.9. The number of carbonyl (C=O) groups excluding carboxylic acids is 4. The number of hydrogen-bond donors (Lipinski definition) is 3. The normalized spacial score (nSPS) is 13.9. The topological polar surface area (TPSA) is 237 Å². The van der Waals surface area contributed by atoms with Gasteiger partial charge in [0.05, 0.1) is 26.4 Å². The van der Waals surface area contributed by atoms with Crippen molar-refractivity contribution in [1.29, 1.82) is 0 Å². The average molecular weight is 1410 g/mol. The number of hydrogen-bond acceptors (Lipinski definition) is 15. The summed E-state index contributed by atoms with van der Waals surface area (Å²) in [7, 11) is -9.91. The van der Waals surface area contributed by atoms with Crippen molar-refractivity contribution in [2.45, 2.75) is 425 Å². The molecule has 19 heteroatoms. The maximum atomic E-state index is 13.1. The third-order valence-electron chi connectivity index (χ3n) is 18.0. The van der Waals surface area contributed by atoms with Crippen LogP contribution in [-0.2, 0) is 65.4 Å². The van der Waals surface area contributed by atoms with E-state index < -0.39 is 97.5 Å². The van der Waals surface area contributed by atoms with E-state index >= 15 is 0 Å². The highest BCUT2D eigenvalue weighted by Crippen LogP contribution is 2.45. The first-order valence-corrected chi connectivity index (χ1v) is 43.1. The first-order chi connectivity index (χ1) is 46.5. The number of aliphatic hydroxyl groups excluding tert-OH is 1. The summed E-state index contributed by atoms with van der Waals surface area (Å²) >= 11 is 0. The molecule has 0 aliphatic rings. The number of rotatable bonds is 77. The Morgan fingerprint density at radius 2 is 0.479 bits per heavy atom. The number of aliphatic hydroxyl groups is 1. The highest BCUT2D eigenvalue weighted by molar-refractivity contribution is 7.47. The molecule has 0 spiro atoms. The van der Waals surface area contributed by atoms with E-state index in [2.05, 4.69) is 34.6 Å². The molecular weight excluding hydrogens is 1260 g/mol. The quantitative estimate of drug-likeness (QED) is 0.0222. The van der Waals surface area contributed by atoms with Crippen LogP contribution in [0.1, 0.15) is 407 Å². The zero-order chi connectivity index (χ0) is 70.5. The number of unbranched alkanes of at least 4 members (excludes halogenated alkanes) is 49. The monoisotopic (exact) mass is 1410 g/mol. The molecule has 0 aliphatic heterocycles. The van der Waals surface area contributed by atoms with E-state index in [4.69, 9.17) is 37.0 Å². The summed E-state index contributed by atoms with van der Waals surface area (Å²) in [6.45, 7) is 7.30. The second-order valence-corrected chi connectivity index (χ2v) is 31.1. The van der Waals surface area contributed by atoms with Crippen molar-refractivity contribution in [3.63, 3.8) is 0 Å². The van der Waals surface area contributed by atoms with Gasteiger partial charge in [-0.05, 0) is 31.6 Å². The fourth-order valence-electron chi connectivity index (χ4n) is 11.9. The molecule has 0 saturated heterocycles. The standard InChI is InChI=1S/C77H150O17P2/c1-6-9-12-15-18-21-23-25-26-27-28-29-30-31-32-38-43-48-53-58-63-77(82)94-73(67-88-75(80)61-56-51-46-41-37-34-33-35-40-44-49-54-59-70(4)5)69-92-96(85,86)90-65-71(78)64-89-95(83,84)91-68-72(66-87-74(79)60-55-50-45-39-20-17-14-11-8-3)93-76(81)62-57-52-47-42-36-24-22-19-16-13-10-7-2/h70-73,78H,6-69H2,1-5H3,(H,83,84)(H,85,86)/t71-,72+,73+/m0/s1. The van der Waals surface area contributed by atoms with Crippen LogP contribution in [0.25, 0.3) is 0 Å². The maximum Gasteiger partial charge on any atom is 0.472 e. The minimum absolute atomic E-state index is 0.108. The highest BCUT2D eigenvalue weighted by atomic mass is 31.2. The molecule has 0 fully saturated rings. The Bertz CT molecular complexity index is 1840. The first-order valence-electron chi connectivity index (χ1n) is 40.1. The largest absolute Gasteiger partial charge is 0.472 e. The molecule has 0 aromatic heterocycles. The van der Waals surface area contributed by atoms with E-state index in [1.807, 2.05) is 0 Å². The van der Waals surface area contributed by atoms with Crippen LogP contribution < -0.4 is 0 Å². The van der Waals surface area contributed by atoms with Crippen molar-refractivity contribution >= 4 is 39.5 Å². The molecule has 0 aromatic rings. The summed E-state index contributed by atoms with van der Waals surface area (Å²) in [4.78, 5) is 72.8. The molecule has 570 valence electrons. The fourth-order valence-corrected chi connectivity index (χ4v) is 13.5. The molecule has 0 amide bonds. The average Bonchev–Trinajstić information content (AvgIpc) is 1.21. The summed E-state index contributed by atoms with van der Waals surface area (Å²) in [5.41, 5.74) is 0. The van der Waals surface area contributed by atoms with Crippen LogP contribution in [0.15, 0.2) is 0 Å². The van der Waals surface area contributed by atoms with Crippen molar-refractivity contribution in [3.05, 3.63) is 0 Å². The Labute approximate surface area is 588 Å². The molecular formula is C77H150O17P2. The first kappa shape index (κ1) is 94.1. The summed E-state index contributed by atoms with van der Waals surface area (Å²) in [6, 6.07) is 0. The van der Waals surface area contributed by atoms with Gasteiger partial charge in [0.1, 0.15) is 19.3 Å². The van der Waals surface area contributed by atoms with E-state index in [1.165, 1.54) is 231 Å². The molecule has 0 rings (SSSR count). The van der Waals surface area contributed by atoms with Crippen molar-refractivity contribution in [2.75, 3.05) is 39.6 Å². The Kier molecular flexibility index (Phi) is 68.7. The third kappa shape index (κ3) is 70.5. The maximum absolute atomic E-state index is 13.1. The lowest BCUT2D eigenvalue weighted by atomic mass is 10.0. The third-order valence-corrected chi connectivity index (χ3v) is 19.9. The number of carbonyl (C=O) groups is 4. The lowest BCUT2D eigenvalue weighted by Gasteiger charge is -2.21. The molecule has 0 aromatic carbocycles. The Morgan fingerprint density at radius 1 is 0.281 bits per heavy atom. The molecule has 0 saturated carbocycles. The second-order valence-electron chi connectivity index (χ2n) is 28.2. The van der Waals surface area contributed by atoms with Gasteiger partial charge in [0.2, 0.25) is 0 Å². The van der Waals surface area contributed by atoms with Crippen molar-refractivity contribution < 1.29 is 80.2 Å². The fraction of sp³-hybridized carbons (Fsp3) is 0.948. The predicted molar refractivity (Wildman–Crippen MR) is 391 cm³/mol. The summed E-state index contributed by atoms with van der Waals surface area (Å²) in [5.74, 6) is -1.33. The van der Waals surface area contributed by atoms with Gasteiger partial charge in [0, 0.05) is 25.7 Å². The Morgan fingerprint density at radius 3 is 0.708 bits per heavy atom. The zero-order valence-corrected chi connectivity index (χ0v) is 64.3. The summed E-state index contributed by atoms with van der Waals surface area (Å²) < 4.78 is 68.5. The zero-order valence-electron chi connectivity index (χ0n) is 62.5. The lowest BCUT2D eigenvalue weighted by molar-refractivity contribution is -0.161. The highest BCUT2D eigenvalue weighted by Gasteiger charge is 2.30. The molecule has 0 aliphatic carbocycles. The Balaban J connectivity index is 5.20. The SMILES string of the molecule is CCCCCCCCCCCCCCCCCCCCCCC(=O)O[C@H](COC(=O)CCCCCCCCCCCCCCC(C)C)COP(=O)(O)OC[C@@H](O)COP(=O)(O)OC[C@@H](COC(=O)CCCCCCCCCCC)OC(=O)CCCCCCCCCCCCCC. The number of phosphoric ester groups is 2. The summed E-state index contributed by atoms with van der Waals surface area (Å²) in [5, 5.41) is 10.6.